The molecule has 4 aromatic rings. The summed E-state index contributed by atoms with van der Waals surface area (Å²) in [6.45, 7) is 4.15. The molecule has 0 atom stereocenters. The third-order valence-electron chi connectivity index (χ3n) is 4.66. The number of rotatable bonds is 6. The monoisotopic (exact) mass is 414 g/mol. The fourth-order valence-electron chi connectivity index (χ4n) is 3.26. The van der Waals surface area contributed by atoms with E-state index in [0.29, 0.717) is 5.16 Å². The molecule has 4 rings (SSSR count). The Morgan fingerprint density at radius 1 is 0.933 bits per heavy atom. The van der Waals surface area contributed by atoms with Crippen molar-refractivity contribution in [1.82, 2.24) is 14.8 Å². The molecule has 1 N–H and O–H groups in total. The molecular formula is C24H22N4OS. The number of aromatic nitrogens is 3. The summed E-state index contributed by atoms with van der Waals surface area (Å²) in [7, 11) is 0. The van der Waals surface area contributed by atoms with Crippen molar-refractivity contribution in [3.8, 4) is 17.1 Å². The molecule has 0 saturated heterocycles. The van der Waals surface area contributed by atoms with E-state index in [1.54, 1.807) is 0 Å². The standard InChI is InChI=1S/C24H22N4OS/c1-17-13-14-21(18(2)15-17)23-26-27-24(28(23)20-11-7-4-8-12-20)30-16-22(29)25-19-9-5-3-6-10-19/h3-15H,16H2,1-2H3,(H,25,29). The number of hydrogen-bond donors (Lipinski definition) is 1. The average Bonchev–Trinajstić information content (AvgIpc) is 3.17. The van der Waals surface area contributed by atoms with Crippen LogP contribution in [0.25, 0.3) is 17.1 Å². The van der Waals surface area contributed by atoms with Crippen LogP contribution in [-0.2, 0) is 4.79 Å². The lowest BCUT2D eigenvalue weighted by Crippen LogP contribution is -2.14. The van der Waals surface area contributed by atoms with Gasteiger partial charge < -0.3 is 5.32 Å². The third kappa shape index (κ3) is 4.44. The second-order valence-corrected chi connectivity index (χ2v) is 7.94. The summed E-state index contributed by atoms with van der Waals surface area (Å²) in [6.07, 6.45) is 0. The van der Waals surface area contributed by atoms with Crippen molar-refractivity contribution in [3.05, 3.63) is 90.0 Å². The summed E-state index contributed by atoms with van der Waals surface area (Å²) in [5.41, 5.74) is 5.11. The first-order valence-corrected chi connectivity index (χ1v) is 10.7. The summed E-state index contributed by atoms with van der Waals surface area (Å²) >= 11 is 1.37. The molecule has 0 unspecified atom stereocenters. The number of thioether (sulfide) groups is 1. The van der Waals surface area contributed by atoms with Crippen molar-refractivity contribution in [3.63, 3.8) is 0 Å². The molecule has 0 aliphatic carbocycles. The van der Waals surface area contributed by atoms with Gasteiger partial charge in [-0.15, -0.1) is 10.2 Å². The number of carbonyl (C=O) groups excluding carboxylic acids is 1. The van der Waals surface area contributed by atoms with E-state index in [-0.39, 0.29) is 11.7 Å². The molecule has 0 spiro atoms. The van der Waals surface area contributed by atoms with Crippen LogP contribution in [0.4, 0.5) is 5.69 Å². The highest BCUT2D eigenvalue weighted by Crippen LogP contribution is 2.30. The highest BCUT2D eigenvalue weighted by atomic mass is 32.2. The summed E-state index contributed by atoms with van der Waals surface area (Å²) in [5, 5.41) is 12.5. The Morgan fingerprint density at radius 2 is 1.63 bits per heavy atom. The van der Waals surface area contributed by atoms with Gasteiger partial charge in [-0.25, -0.2) is 0 Å². The van der Waals surface area contributed by atoms with Crippen LogP contribution in [0.15, 0.2) is 84.0 Å². The maximum absolute atomic E-state index is 12.4. The van der Waals surface area contributed by atoms with Gasteiger partial charge in [0.2, 0.25) is 5.91 Å². The molecule has 0 fully saturated rings. The van der Waals surface area contributed by atoms with Gasteiger partial charge >= 0.3 is 0 Å². The average molecular weight is 415 g/mol. The van der Waals surface area contributed by atoms with E-state index in [4.69, 9.17) is 0 Å². The van der Waals surface area contributed by atoms with Crippen LogP contribution in [0.1, 0.15) is 11.1 Å². The molecule has 5 nitrogen and oxygen atoms in total. The van der Waals surface area contributed by atoms with Gasteiger partial charge in [0.05, 0.1) is 5.75 Å². The Hall–Kier alpha value is -3.38. The van der Waals surface area contributed by atoms with E-state index in [0.717, 1.165) is 28.3 Å². The fraction of sp³-hybridized carbons (Fsp3) is 0.125. The zero-order valence-corrected chi connectivity index (χ0v) is 17.7. The smallest absolute Gasteiger partial charge is 0.234 e. The second-order valence-electron chi connectivity index (χ2n) is 7.00. The van der Waals surface area contributed by atoms with Crippen LogP contribution in [0, 0.1) is 13.8 Å². The first-order chi connectivity index (χ1) is 14.6. The van der Waals surface area contributed by atoms with Gasteiger partial charge in [0.25, 0.3) is 0 Å². The lowest BCUT2D eigenvalue weighted by molar-refractivity contribution is -0.113. The van der Waals surface area contributed by atoms with Crippen LogP contribution < -0.4 is 5.32 Å². The SMILES string of the molecule is Cc1ccc(-c2nnc(SCC(=O)Nc3ccccc3)n2-c2ccccc2)c(C)c1. The number of anilines is 1. The van der Waals surface area contributed by atoms with Crippen LogP contribution in [-0.4, -0.2) is 26.4 Å². The number of nitrogens with zero attached hydrogens (tertiary/aromatic N) is 3. The Morgan fingerprint density at radius 3 is 2.33 bits per heavy atom. The first kappa shape index (κ1) is 19.9. The van der Waals surface area contributed by atoms with Gasteiger partial charge in [0.1, 0.15) is 0 Å². The molecular weight excluding hydrogens is 392 g/mol. The van der Waals surface area contributed by atoms with E-state index < -0.39 is 0 Å². The zero-order valence-electron chi connectivity index (χ0n) is 16.9. The minimum absolute atomic E-state index is 0.0816. The van der Waals surface area contributed by atoms with Gasteiger partial charge in [-0.1, -0.05) is 71.9 Å². The summed E-state index contributed by atoms with van der Waals surface area (Å²) < 4.78 is 2.01. The fourth-order valence-corrected chi connectivity index (χ4v) is 4.01. The van der Waals surface area contributed by atoms with Crippen molar-refractivity contribution in [2.45, 2.75) is 19.0 Å². The van der Waals surface area contributed by atoms with Crippen molar-refractivity contribution < 1.29 is 4.79 Å². The second kappa shape index (κ2) is 8.97. The minimum Gasteiger partial charge on any atom is -0.325 e. The van der Waals surface area contributed by atoms with Crippen LogP contribution in [0.5, 0.6) is 0 Å². The summed E-state index contributed by atoms with van der Waals surface area (Å²) in [6, 6.07) is 25.7. The van der Waals surface area contributed by atoms with Gasteiger partial charge in [-0.05, 0) is 43.7 Å². The Kier molecular flexibility index (Phi) is 5.95. The number of aryl methyl sites for hydroxylation is 2. The molecule has 0 radical (unpaired) electrons. The summed E-state index contributed by atoms with van der Waals surface area (Å²) in [4.78, 5) is 12.4. The molecule has 0 bridgehead atoms. The van der Waals surface area contributed by atoms with E-state index in [1.165, 1.54) is 17.3 Å². The molecule has 3 aromatic carbocycles. The molecule has 30 heavy (non-hydrogen) atoms. The van der Waals surface area contributed by atoms with Gasteiger partial charge in [0, 0.05) is 16.9 Å². The highest BCUT2D eigenvalue weighted by Gasteiger charge is 2.18. The molecule has 150 valence electrons. The molecule has 0 aliphatic rings. The van der Waals surface area contributed by atoms with Gasteiger partial charge in [0.15, 0.2) is 11.0 Å². The number of carbonyl (C=O) groups is 1. The van der Waals surface area contributed by atoms with E-state index in [2.05, 4.69) is 47.6 Å². The molecule has 0 aliphatic heterocycles. The number of para-hydroxylation sites is 2. The highest BCUT2D eigenvalue weighted by molar-refractivity contribution is 7.99. The number of benzene rings is 3. The van der Waals surface area contributed by atoms with Crippen molar-refractivity contribution in [1.29, 1.82) is 0 Å². The van der Waals surface area contributed by atoms with Crippen molar-refractivity contribution in [2.24, 2.45) is 0 Å². The first-order valence-electron chi connectivity index (χ1n) is 9.68. The van der Waals surface area contributed by atoms with E-state index in [9.17, 15) is 4.79 Å². The lowest BCUT2D eigenvalue weighted by Gasteiger charge is -2.12. The van der Waals surface area contributed by atoms with E-state index in [1.807, 2.05) is 65.2 Å². The molecule has 0 saturated carbocycles. The predicted molar refractivity (Wildman–Crippen MR) is 122 cm³/mol. The number of amides is 1. The van der Waals surface area contributed by atoms with Gasteiger partial charge in [-0.3, -0.25) is 9.36 Å². The Bertz CT molecular complexity index is 1160. The van der Waals surface area contributed by atoms with Crippen LogP contribution in [0.2, 0.25) is 0 Å². The van der Waals surface area contributed by atoms with E-state index >= 15 is 0 Å². The normalized spacial score (nSPS) is 10.7. The van der Waals surface area contributed by atoms with Gasteiger partial charge in [-0.2, -0.15) is 0 Å². The number of nitrogens with one attached hydrogen (secondary N) is 1. The van der Waals surface area contributed by atoms with Crippen LogP contribution >= 0.6 is 11.8 Å². The molecule has 6 heteroatoms. The zero-order chi connectivity index (χ0) is 20.9. The predicted octanol–water partition coefficient (Wildman–Crippen LogP) is 5.28. The maximum Gasteiger partial charge on any atom is 0.234 e. The van der Waals surface area contributed by atoms with Crippen molar-refractivity contribution >= 4 is 23.4 Å². The number of hydrogen-bond acceptors (Lipinski definition) is 4. The van der Waals surface area contributed by atoms with Crippen molar-refractivity contribution in [2.75, 3.05) is 11.1 Å². The Balaban J connectivity index is 1.63. The lowest BCUT2D eigenvalue weighted by atomic mass is 10.1. The largest absolute Gasteiger partial charge is 0.325 e. The minimum atomic E-state index is -0.0816. The Labute approximate surface area is 180 Å². The molecule has 1 heterocycles. The topological polar surface area (TPSA) is 59.8 Å². The molecule has 1 aromatic heterocycles. The maximum atomic E-state index is 12.4. The quantitative estimate of drug-likeness (QED) is 0.436. The van der Waals surface area contributed by atoms with Crippen LogP contribution in [0.3, 0.4) is 0 Å². The molecule has 1 amide bonds. The third-order valence-corrected chi connectivity index (χ3v) is 5.59. The summed E-state index contributed by atoms with van der Waals surface area (Å²) in [5.74, 6) is 0.929.